The van der Waals surface area contributed by atoms with Gasteiger partial charge >= 0.3 is 11.7 Å². The molecular formula is C20H15BrCl2N4O3. The van der Waals surface area contributed by atoms with Gasteiger partial charge in [0, 0.05) is 28.6 Å². The Morgan fingerprint density at radius 3 is 2.40 bits per heavy atom. The Kier molecular flexibility index (Phi) is 5.48. The molecule has 7 nitrogen and oxygen atoms in total. The number of hydrogen-bond acceptors (Lipinski definition) is 4. The summed E-state index contributed by atoms with van der Waals surface area (Å²) in [6.45, 7) is 0.200. The Hall–Kier alpha value is -2.55. The maximum Gasteiger partial charge on any atom is 0.332 e. The minimum Gasteiger partial charge on any atom is -0.425 e. The Morgan fingerprint density at radius 1 is 1.03 bits per heavy atom. The second-order valence-electron chi connectivity index (χ2n) is 6.65. The molecule has 0 N–H and O–H groups in total. The van der Waals surface area contributed by atoms with Crippen molar-refractivity contribution in [3.8, 4) is 11.8 Å². The summed E-state index contributed by atoms with van der Waals surface area (Å²) in [4.78, 5) is 29.7. The maximum atomic E-state index is 12.9. The van der Waals surface area contributed by atoms with Crippen molar-refractivity contribution in [2.45, 2.75) is 6.54 Å². The van der Waals surface area contributed by atoms with E-state index in [1.165, 1.54) is 11.6 Å². The van der Waals surface area contributed by atoms with E-state index in [0.717, 1.165) is 14.6 Å². The molecule has 0 saturated heterocycles. The number of ether oxygens (including phenoxy) is 1. The van der Waals surface area contributed by atoms with Gasteiger partial charge in [-0.2, -0.15) is 4.98 Å². The molecule has 0 amide bonds. The molecule has 0 atom stereocenters. The number of benzene rings is 2. The molecule has 0 aliphatic carbocycles. The van der Waals surface area contributed by atoms with Crippen molar-refractivity contribution in [3.05, 3.63) is 83.4 Å². The van der Waals surface area contributed by atoms with Gasteiger partial charge in [-0.25, -0.2) is 4.79 Å². The smallest absolute Gasteiger partial charge is 0.332 e. The van der Waals surface area contributed by atoms with Crippen LogP contribution in [0, 0.1) is 0 Å². The predicted octanol–water partition coefficient (Wildman–Crippen LogP) is 4.34. The second-order valence-corrected chi connectivity index (χ2v) is 8.41. The van der Waals surface area contributed by atoms with E-state index in [9.17, 15) is 9.59 Å². The lowest BCUT2D eigenvalue weighted by Gasteiger charge is -2.11. The van der Waals surface area contributed by atoms with Gasteiger partial charge < -0.3 is 4.74 Å². The molecule has 0 unspecified atom stereocenters. The highest BCUT2D eigenvalue weighted by atomic mass is 79.9. The number of nitrogens with zero attached hydrogens (tertiary/aromatic N) is 4. The highest BCUT2D eigenvalue weighted by Gasteiger charge is 2.21. The summed E-state index contributed by atoms with van der Waals surface area (Å²) >= 11 is 15.7. The molecule has 2 heterocycles. The summed E-state index contributed by atoms with van der Waals surface area (Å²) in [6, 6.07) is 12.5. The molecule has 0 saturated carbocycles. The third-order valence-electron chi connectivity index (χ3n) is 4.68. The standard InChI is InChI=1S/C20H15BrCl2N4O3/c1-25-17-16(18(28)26(2)20(25)29)27(10-11-3-6-13(22)9-15(11)23)19(24-17)30-14-7-4-12(21)5-8-14/h3-9H,10H2,1-2H3. The number of aromatic nitrogens is 4. The van der Waals surface area contributed by atoms with Crippen molar-refractivity contribution < 1.29 is 4.74 Å². The SMILES string of the molecule is Cn1c(=O)c2c(nc(Oc3ccc(Br)cc3)n2Cc2ccc(Cl)cc2Cl)n(C)c1=O. The predicted molar refractivity (Wildman–Crippen MR) is 120 cm³/mol. The lowest BCUT2D eigenvalue weighted by atomic mass is 10.2. The van der Waals surface area contributed by atoms with Crippen LogP contribution in [0.15, 0.2) is 56.5 Å². The van der Waals surface area contributed by atoms with Gasteiger partial charge in [-0.1, -0.05) is 45.2 Å². The molecule has 0 aliphatic heterocycles. The Labute approximate surface area is 189 Å². The van der Waals surface area contributed by atoms with Crippen LogP contribution in [-0.4, -0.2) is 18.7 Å². The number of rotatable bonds is 4. The number of halogens is 3. The molecule has 2 aromatic carbocycles. The lowest BCUT2D eigenvalue weighted by molar-refractivity contribution is 0.421. The molecule has 0 aliphatic rings. The molecule has 0 spiro atoms. The highest BCUT2D eigenvalue weighted by molar-refractivity contribution is 9.10. The molecule has 0 radical (unpaired) electrons. The van der Waals surface area contributed by atoms with Crippen LogP contribution in [0.4, 0.5) is 0 Å². The fourth-order valence-corrected chi connectivity index (χ4v) is 3.81. The monoisotopic (exact) mass is 508 g/mol. The van der Waals surface area contributed by atoms with Crippen LogP contribution in [-0.2, 0) is 20.6 Å². The fraction of sp³-hybridized carbons (Fsp3) is 0.150. The minimum atomic E-state index is -0.476. The molecular weight excluding hydrogens is 495 g/mol. The van der Waals surface area contributed by atoms with Gasteiger partial charge in [0.1, 0.15) is 5.75 Å². The maximum absolute atomic E-state index is 12.9. The van der Waals surface area contributed by atoms with Gasteiger partial charge in [-0.3, -0.25) is 18.5 Å². The van der Waals surface area contributed by atoms with Gasteiger partial charge in [0.15, 0.2) is 11.2 Å². The summed E-state index contributed by atoms with van der Waals surface area (Å²) in [7, 11) is 2.98. The molecule has 154 valence electrons. The van der Waals surface area contributed by atoms with Gasteiger partial charge in [0.2, 0.25) is 0 Å². The van der Waals surface area contributed by atoms with Crippen LogP contribution >= 0.6 is 39.1 Å². The summed E-state index contributed by atoms with van der Waals surface area (Å²) < 4.78 is 10.8. The van der Waals surface area contributed by atoms with Gasteiger partial charge in [0.05, 0.1) is 6.54 Å². The molecule has 2 aromatic heterocycles. The van der Waals surface area contributed by atoms with Crippen LogP contribution in [0.25, 0.3) is 11.2 Å². The minimum absolute atomic E-state index is 0.164. The highest BCUT2D eigenvalue weighted by Crippen LogP contribution is 2.28. The van der Waals surface area contributed by atoms with Crippen LogP contribution in [0.5, 0.6) is 11.8 Å². The van der Waals surface area contributed by atoms with E-state index in [2.05, 4.69) is 20.9 Å². The van der Waals surface area contributed by atoms with E-state index >= 15 is 0 Å². The van der Waals surface area contributed by atoms with E-state index in [-0.39, 0.29) is 23.7 Å². The van der Waals surface area contributed by atoms with E-state index in [4.69, 9.17) is 27.9 Å². The van der Waals surface area contributed by atoms with E-state index in [0.29, 0.717) is 15.8 Å². The van der Waals surface area contributed by atoms with Crippen molar-refractivity contribution in [3.63, 3.8) is 0 Å². The normalized spacial score (nSPS) is 11.2. The summed E-state index contributed by atoms with van der Waals surface area (Å²) in [5, 5.41) is 0.949. The molecule has 4 aromatic rings. The molecule has 0 fully saturated rings. The van der Waals surface area contributed by atoms with E-state index < -0.39 is 11.2 Å². The van der Waals surface area contributed by atoms with Crippen LogP contribution < -0.4 is 16.0 Å². The first-order chi connectivity index (χ1) is 14.3. The third-order valence-corrected chi connectivity index (χ3v) is 5.79. The number of aryl methyl sites for hydroxylation is 1. The molecule has 30 heavy (non-hydrogen) atoms. The van der Waals surface area contributed by atoms with Crippen LogP contribution in [0.3, 0.4) is 0 Å². The first-order valence-corrected chi connectivity index (χ1v) is 10.3. The van der Waals surface area contributed by atoms with Crippen LogP contribution in [0.1, 0.15) is 5.56 Å². The van der Waals surface area contributed by atoms with E-state index in [1.54, 1.807) is 41.9 Å². The topological polar surface area (TPSA) is 71.1 Å². The average Bonchev–Trinajstić information content (AvgIpc) is 3.06. The van der Waals surface area contributed by atoms with Crippen molar-refractivity contribution in [1.82, 2.24) is 18.7 Å². The zero-order chi connectivity index (χ0) is 21.6. The summed E-state index contributed by atoms with van der Waals surface area (Å²) in [5.74, 6) is 0.527. The zero-order valence-electron chi connectivity index (χ0n) is 15.9. The first kappa shape index (κ1) is 20.7. The zero-order valence-corrected chi connectivity index (χ0v) is 19.0. The van der Waals surface area contributed by atoms with Crippen molar-refractivity contribution in [2.75, 3.05) is 0 Å². The average molecular weight is 510 g/mol. The summed E-state index contributed by atoms with van der Waals surface area (Å²) in [5.41, 5.74) is 0.225. The van der Waals surface area contributed by atoms with Gasteiger partial charge in [0.25, 0.3) is 5.56 Å². The third kappa shape index (κ3) is 3.66. The van der Waals surface area contributed by atoms with Gasteiger partial charge in [-0.15, -0.1) is 0 Å². The van der Waals surface area contributed by atoms with Crippen molar-refractivity contribution in [1.29, 1.82) is 0 Å². The van der Waals surface area contributed by atoms with Crippen molar-refractivity contribution in [2.24, 2.45) is 14.1 Å². The molecule has 0 bridgehead atoms. The first-order valence-electron chi connectivity index (χ1n) is 8.80. The Morgan fingerprint density at radius 2 is 1.73 bits per heavy atom. The summed E-state index contributed by atoms with van der Waals surface area (Å²) in [6.07, 6.45) is 0. The fourth-order valence-electron chi connectivity index (χ4n) is 3.08. The largest absolute Gasteiger partial charge is 0.425 e. The lowest BCUT2D eigenvalue weighted by Crippen LogP contribution is -2.37. The quantitative estimate of drug-likeness (QED) is 0.410. The van der Waals surface area contributed by atoms with Crippen LogP contribution in [0.2, 0.25) is 10.0 Å². The number of imidazole rings is 1. The van der Waals surface area contributed by atoms with Gasteiger partial charge in [-0.05, 0) is 42.0 Å². The molecule has 10 heteroatoms. The number of hydrogen-bond donors (Lipinski definition) is 0. The molecule has 4 rings (SSSR count). The van der Waals surface area contributed by atoms with Crippen molar-refractivity contribution >= 4 is 50.3 Å². The Balaban J connectivity index is 1.95. The number of fused-ring (bicyclic) bond motifs is 1. The Bertz CT molecular complexity index is 1390. The second kappa shape index (κ2) is 7.94. The van der Waals surface area contributed by atoms with E-state index in [1.807, 2.05) is 12.1 Å².